The molecule has 0 saturated carbocycles. The standard InChI is InChI=1S/C20H22N2O3S/c1-24-17-7-3-15(4-8-17)13-19(22-20(23)14-26-12-11-21)16-5-9-18(25-2)10-6-16/h3-10,19H,12-14H2,1-2H3,(H,22,23). The van der Waals surface area contributed by atoms with Crippen LogP contribution in [0.25, 0.3) is 0 Å². The van der Waals surface area contributed by atoms with Crippen LogP contribution in [0.2, 0.25) is 0 Å². The smallest absolute Gasteiger partial charge is 0.230 e. The Labute approximate surface area is 158 Å². The van der Waals surface area contributed by atoms with Gasteiger partial charge in [-0.05, 0) is 41.8 Å². The van der Waals surface area contributed by atoms with Gasteiger partial charge in [0.1, 0.15) is 11.5 Å². The van der Waals surface area contributed by atoms with E-state index in [0.717, 1.165) is 22.6 Å². The van der Waals surface area contributed by atoms with Crippen molar-refractivity contribution in [2.75, 3.05) is 25.7 Å². The van der Waals surface area contributed by atoms with Crippen LogP contribution in [0.3, 0.4) is 0 Å². The summed E-state index contributed by atoms with van der Waals surface area (Å²) in [5.74, 6) is 2.06. The normalized spacial score (nSPS) is 11.3. The highest BCUT2D eigenvalue weighted by Crippen LogP contribution is 2.23. The first-order chi connectivity index (χ1) is 12.7. The van der Waals surface area contributed by atoms with Gasteiger partial charge in [0.15, 0.2) is 0 Å². The van der Waals surface area contributed by atoms with Crippen LogP contribution < -0.4 is 14.8 Å². The minimum Gasteiger partial charge on any atom is -0.497 e. The molecule has 1 unspecified atom stereocenters. The number of ether oxygens (including phenoxy) is 2. The predicted octanol–water partition coefficient (Wildman–Crippen LogP) is 3.36. The zero-order valence-electron chi connectivity index (χ0n) is 14.9. The van der Waals surface area contributed by atoms with E-state index in [4.69, 9.17) is 14.7 Å². The Morgan fingerprint density at radius 2 is 1.65 bits per heavy atom. The molecule has 1 N–H and O–H groups in total. The van der Waals surface area contributed by atoms with Crippen molar-refractivity contribution in [2.45, 2.75) is 12.5 Å². The van der Waals surface area contributed by atoms with E-state index < -0.39 is 0 Å². The van der Waals surface area contributed by atoms with Crippen LogP contribution in [0.5, 0.6) is 11.5 Å². The van der Waals surface area contributed by atoms with Crippen molar-refractivity contribution < 1.29 is 14.3 Å². The lowest BCUT2D eigenvalue weighted by molar-refractivity contribution is -0.119. The molecule has 1 atom stereocenters. The first-order valence-corrected chi connectivity index (χ1v) is 9.32. The number of hydrogen-bond donors (Lipinski definition) is 1. The van der Waals surface area contributed by atoms with Gasteiger partial charge in [0.05, 0.1) is 37.8 Å². The molecule has 6 heteroatoms. The van der Waals surface area contributed by atoms with Crippen LogP contribution in [0.1, 0.15) is 17.2 Å². The molecule has 1 amide bonds. The molecular formula is C20H22N2O3S. The summed E-state index contributed by atoms with van der Waals surface area (Å²) in [5, 5.41) is 11.7. The molecule has 0 fully saturated rings. The van der Waals surface area contributed by atoms with Crippen molar-refractivity contribution in [2.24, 2.45) is 0 Å². The molecule has 0 spiro atoms. The summed E-state index contributed by atoms with van der Waals surface area (Å²) in [4.78, 5) is 12.2. The predicted molar refractivity (Wildman–Crippen MR) is 104 cm³/mol. The molecule has 0 aromatic heterocycles. The maximum atomic E-state index is 12.2. The number of methoxy groups -OCH3 is 2. The Hall–Kier alpha value is -2.65. The molecular weight excluding hydrogens is 348 g/mol. The van der Waals surface area contributed by atoms with E-state index in [1.54, 1.807) is 14.2 Å². The third-order valence-corrected chi connectivity index (χ3v) is 4.65. The SMILES string of the molecule is COc1ccc(CC(NC(=O)CSCC#N)c2ccc(OC)cc2)cc1. The molecule has 0 bridgehead atoms. The van der Waals surface area contributed by atoms with E-state index >= 15 is 0 Å². The lowest BCUT2D eigenvalue weighted by Gasteiger charge is -2.20. The Kier molecular flexibility index (Phi) is 7.84. The maximum absolute atomic E-state index is 12.2. The van der Waals surface area contributed by atoms with Gasteiger partial charge in [-0.15, -0.1) is 11.8 Å². The van der Waals surface area contributed by atoms with E-state index in [2.05, 4.69) is 5.32 Å². The van der Waals surface area contributed by atoms with Gasteiger partial charge < -0.3 is 14.8 Å². The molecule has 2 rings (SSSR count). The van der Waals surface area contributed by atoms with Gasteiger partial charge in [-0.3, -0.25) is 4.79 Å². The van der Waals surface area contributed by atoms with Crippen molar-refractivity contribution in [1.29, 1.82) is 5.26 Å². The number of nitriles is 1. The second-order valence-electron chi connectivity index (χ2n) is 5.60. The van der Waals surface area contributed by atoms with E-state index in [-0.39, 0.29) is 17.7 Å². The average Bonchev–Trinajstić information content (AvgIpc) is 2.68. The second-order valence-corrected chi connectivity index (χ2v) is 6.58. The Morgan fingerprint density at radius 1 is 1.08 bits per heavy atom. The van der Waals surface area contributed by atoms with Crippen molar-refractivity contribution in [1.82, 2.24) is 5.32 Å². The van der Waals surface area contributed by atoms with Crippen molar-refractivity contribution in [3.63, 3.8) is 0 Å². The largest absolute Gasteiger partial charge is 0.497 e. The third-order valence-electron chi connectivity index (χ3n) is 3.85. The highest BCUT2D eigenvalue weighted by Gasteiger charge is 2.16. The molecule has 136 valence electrons. The first kappa shape index (κ1) is 19.7. The molecule has 0 radical (unpaired) electrons. The van der Waals surface area contributed by atoms with Gasteiger partial charge in [-0.25, -0.2) is 0 Å². The second kappa shape index (κ2) is 10.4. The van der Waals surface area contributed by atoms with Gasteiger partial charge in [0, 0.05) is 0 Å². The molecule has 5 nitrogen and oxygen atoms in total. The van der Waals surface area contributed by atoms with E-state index in [0.29, 0.717) is 12.2 Å². The molecule has 0 aliphatic rings. The fourth-order valence-electron chi connectivity index (χ4n) is 2.51. The van der Waals surface area contributed by atoms with Crippen LogP contribution in [0, 0.1) is 11.3 Å². The Balaban J connectivity index is 2.13. The monoisotopic (exact) mass is 370 g/mol. The third kappa shape index (κ3) is 6.01. The average molecular weight is 370 g/mol. The van der Waals surface area contributed by atoms with Crippen LogP contribution in [-0.2, 0) is 11.2 Å². The minimum absolute atomic E-state index is 0.0837. The fourth-order valence-corrected chi connectivity index (χ4v) is 2.97. The van der Waals surface area contributed by atoms with Crippen LogP contribution >= 0.6 is 11.8 Å². The summed E-state index contributed by atoms with van der Waals surface area (Å²) in [6.07, 6.45) is 0.658. The zero-order valence-corrected chi connectivity index (χ0v) is 15.7. The minimum atomic E-state index is -0.163. The van der Waals surface area contributed by atoms with E-state index in [1.165, 1.54) is 11.8 Å². The van der Waals surface area contributed by atoms with Gasteiger partial charge in [0.25, 0.3) is 0 Å². The lowest BCUT2D eigenvalue weighted by Crippen LogP contribution is -2.31. The number of benzene rings is 2. The van der Waals surface area contributed by atoms with Crippen molar-refractivity contribution in [3.05, 3.63) is 59.7 Å². The van der Waals surface area contributed by atoms with Gasteiger partial charge in [-0.2, -0.15) is 5.26 Å². The first-order valence-electron chi connectivity index (χ1n) is 8.17. The Bertz CT molecular complexity index is 739. The Morgan fingerprint density at radius 3 is 2.19 bits per heavy atom. The van der Waals surface area contributed by atoms with Crippen molar-refractivity contribution >= 4 is 17.7 Å². The van der Waals surface area contributed by atoms with Crippen LogP contribution in [-0.4, -0.2) is 31.6 Å². The van der Waals surface area contributed by atoms with Crippen LogP contribution in [0.4, 0.5) is 0 Å². The molecule has 2 aromatic rings. The maximum Gasteiger partial charge on any atom is 0.230 e. The lowest BCUT2D eigenvalue weighted by atomic mass is 9.98. The van der Waals surface area contributed by atoms with E-state index in [9.17, 15) is 4.79 Å². The number of carbonyl (C=O) groups excluding carboxylic acids is 1. The van der Waals surface area contributed by atoms with Gasteiger partial charge in [-0.1, -0.05) is 24.3 Å². The summed E-state index contributed by atoms with van der Waals surface area (Å²) >= 11 is 1.31. The topological polar surface area (TPSA) is 71.3 Å². The number of rotatable bonds is 9. The number of hydrogen-bond acceptors (Lipinski definition) is 5. The summed E-state index contributed by atoms with van der Waals surface area (Å²) in [6, 6.07) is 17.3. The zero-order chi connectivity index (χ0) is 18.8. The van der Waals surface area contributed by atoms with E-state index in [1.807, 2.05) is 54.6 Å². The number of thioether (sulfide) groups is 1. The number of carbonyl (C=O) groups is 1. The summed E-state index contributed by atoms with van der Waals surface area (Å²) in [5.41, 5.74) is 2.09. The summed E-state index contributed by atoms with van der Waals surface area (Å²) in [7, 11) is 3.26. The van der Waals surface area contributed by atoms with Gasteiger partial charge in [0.2, 0.25) is 5.91 Å². The number of nitrogens with one attached hydrogen (secondary N) is 1. The van der Waals surface area contributed by atoms with Crippen LogP contribution in [0.15, 0.2) is 48.5 Å². The summed E-state index contributed by atoms with van der Waals surface area (Å²) < 4.78 is 10.4. The summed E-state index contributed by atoms with van der Waals surface area (Å²) in [6.45, 7) is 0. The molecule has 0 aliphatic carbocycles. The quantitative estimate of drug-likeness (QED) is 0.685. The number of amides is 1. The fraction of sp³-hybridized carbons (Fsp3) is 0.300. The van der Waals surface area contributed by atoms with Crippen molar-refractivity contribution in [3.8, 4) is 17.6 Å². The number of nitrogens with zero attached hydrogens (tertiary/aromatic N) is 1. The molecule has 0 aliphatic heterocycles. The highest BCUT2D eigenvalue weighted by molar-refractivity contribution is 8.00. The molecule has 0 heterocycles. The van der Waals surface area contributed by atoms with Gasteiger partial charge >= 0.3 is 0 Å². The molecule has 26 heavy (non-hydrogen) atoms. The molecule has 0 saturated heterocycles. The highest BCUT2D eigenvalue weighted by atomic mass is 32.2. The molecule has 2 aromatic carbocycles.